The fourth-order valence-corrected chi connectivity index (χ4v) is 3.20. The molecule has 0 aliphatic carbocycles. The lowest BCUT2D eigenvalue weighted by atomic mass is 10.0. The summed E-state index contributed by atoms with van der Waals surface area (Å²) in [6, 6.07) is 6.09. The first kappa shape index (κ1) is 16.8. The zero-order valence-electron chi connectivity index (χ0n) is 14.0. The van der Waals surface area contributed by atoms with Crippen molar-refractivity contribution in [3.05, 3.63) is 53.5 Å². The quantitative estimate of drug-likeness (QED) is 0.861. The molecular weight excluding hydrogens is 310 g/mol. The van der Waals surface area contributed by atoms with Gasteiger partial charge in [-0.1, -0.05) is 6.07 Å². The largest absolute Gasteiger partial charge is 0.355 e. The number of piperidine rings is 1. The van der Waals surface area contributed by atoms with Crippen LogP contribution in [-0.2, 0) is 6.54 Å². The summed E-state index contributed by atoms with van der Waals surface area (Å²) in [4.78, 5) is 12.9. The summed E-state index contributed by atoms with van der Waals surface area (Å²) >= 11 is 0. The number of aryl methyl sites for hydroxylation is 1. The normalized spacial score (nSPS) is 18.6. The van der Waals surface area contributed by atoms with E-state index in [1.165, 1.54) is 12.1 Å². The summed E-state index contributed by atoms with van der Waals surface area (Å²) in [5, 5.41) is 0. The van der Waals surface area contributed by atoms with Crippen molar-refractivity contribution in [2.45, 2.75) is 32.4 Å². The molecule has 3 rings (SSSR count). The van der Waals surface area contributed by atoms with Crippen LogP contribution in [0, 0.1) is 18.6 Å². The van der Waals surface area contributed by atoms with E-state index in [2.05, 4.69) is 19.8 Å². The molecule has 0 bridgehead atoms. The predicted molar refractivity (Wildman–Crippen MR) is 89.8 cm³/mol. The van der Waals surface area contributed by atoms with E-state index in [0.29, 0.717) is 18.2 Å². The van der Waals surface area contributed by atoms with Crippen molar-refractivity contribution >= 4 is 5.82 Å². The highest BCUT2D eigenvalue weighted by molar-refractivity contribution is 5.39. The van der Waals surface area contributed by atoms with Gasteiger partial charge in [0, 0.05) is 49.6 Å². The van der Waals surface area contributed by atoms with Gasteiger partial charge in [0.05, 0.1) is 0 Å². The van der Waals surface area contributed by atoms with Crippen LogP contribution in [-0.4, -0.2) is 41.0 Å². The zero-order valence-corrected chi connectivity index (χ0v) is 14.0. The van der Waals surface area contributed by atoms with Crippen molar-refractivity contribution in [1.29, 1.82) is 0 Å². The van der Waals surface area contributed by atoms with Crippen LogP contribution in [0.25, 0.3) is 0 Å². The van der Waals surface area contributed by atoms with Gasteiger partial charge >= 0.3 is 0 Å². The highest BCUT2D eigenvalue weighted by atomic mass is 19.1. The average molecular weight is 332 g/mol. The van der Waals surface area contributed by atoms with Gasteiger partial charge in [0.2, 0.25) is 0 Å². The minimum Gasteiger partial charge on any atom is -0.355 e. The number of benzene rings is 1. The number of likely N-dealkylation sites (N-methyl/N-ethyl adjacent to an activating group) is 1. The Morgan fingerprint density at radius 1 is 1.25 bits per heavy atom. The van der Waals surface area contributed by atoms with Crippen molar-refractivity contribution in [3.8, 4) is 0 Å². The topological polar surface area (TPSA) is 32.3 Å². The number of rotatable bonds is 4. The molecule has 1 fully saturated rings. The number of halogens is 2. The maximum atomic E-state index is 13.9. The number of hydrogen-bond acceptors (Lipinski definition) is 4. The van der Waals surface area contributed by atoms with Crippen LogP contribution < -0.4 is 4.90 Å². The lowest BCUT2D eigenvalue weighted by molar-refractivity contribution is 0.196. The maximum absolute atomic E-state index is 13.9. The number of hydrogen-bond donors (Lipinski definition) is 0. The second kappa shape index (κ2) is 7.21. The molecule has 0 amide bonds. The van der Waals surface area contributed by atoms with E-state index in [-0.39, 0.29) is 0 Å². The Morgan fingerprint density at radius 2 is 2.08 bits per heavy atom. The van der Waals surface area contributed by atoms with Gasteiger partial charge in [-0.05, 0) is 32.4 Å². The molecule has 6 heteroatoms. The maximum Gasteiger partial charge on any atom is 0.132 e. The van der Waals surface area contributed by atoms with Gasteiger partial charge < -0.3 is 4.90 Å². The summed E-state index contributed by atoms with van der Waals surface area (Å²) in [7, 11) is 2.04. The van der Waals surface area contributed by atoms with Gasteiger partial charge in [0.25, 0.3) is 0 Å². The standard InChI is InChI=1S/C18H22F2N4/c1-13-8-18(22-12-21-13)23(2)16-4-3-7-24(11-16)10-14-5-6-15(19)9-17(14)20/h5-6,8-9,12,16H,3-4,7,10-11H2,1-2H3. The molecule has 2 heterocycles. The molecule has 2 aromatic rings. The Bertz CT molecular complexity index is 707. The number of aromatic nitrogens is 2. The van der Waals surface area contributed by atoms with Crippen molar-refractivity contribution in [2.24, 2.45) is 0 Å². The van der Waals surface area contributed by atoms with E-state index in [1.807, 2.05) is 20.0 Å². The molecule has 0 radical (unpaired) electrons. The summed E-state index contributed by atoms with van der Waals surface area (Å²) in [6.45, 7) is 4.20. The fourth-order valence-electron chi connectivity index (χ4n) is 3.20. The zero-order chi connectivity index (χ0) is 17.1. The molecule has 24 heavy (non-hydrogen) atoms. The van der Waals surface area contributed by atoms with Crippen LogP contribution >= 0.6 is 0 Å². The molecule has 0 saturated carbocycles. The lowest BCUT2D eigenvalue weighted by Crippen LogP contribution is -2.46. The minimum absolute atomic E-state index is 0.316. The first-order chi connectivity index (χ1) is 11.5. The average Bonchev–Trinajstić information content (AvgIpc) is 2.57. The molecule has 4 nitrogen and oxygen atoms in total. The molecule has 0 N–H and O–H groups in total. The molecule has 1 aromatic carbocycles. The van der Waals surface area contributed by atoms with Gasteiger partial charge in [-0.25, -0.2) is 18.7 Å². The Kier molecular flexibility index (Phi) is 5.04. The molecule has 0 spiro atoms. The van der Waals surface area contributed by atoms with E-state index in [0.717, 1.165) is 43.5 Å². The van der Waals surface area contributed by atoms with E-state index < -0.39 is 11.6 Å². The highest BCUT2D eigenvalue weighted by Crippen LogP contribution is 2.22. The summed E-state index contributed by atoms with van der Waals surface area (Å²) in [6.07, 6.45) is 3.69. The highest BCUT2D eigenvalue weighted by Gasteiger charge is 2.24. The van der Waals surface area contributed by atoms with E-state index in [1.54, 1.807) is 6.33 Å². The first-order valence-corrected chi connectivity index (χ1v) is 8.20. The molecule has 1 aliphatic heterocycles. The first-order valence-electron chi connectivity index (χ1n) is 8.20. The SMILES string of the molecule is Cc1cc(N(C)C2CCCN(Cc3ccc(F)cc3F)C2)ncn1. The van der Waals surface area contributed by atoms with Crippen molar-refractivity contribution < 1.29 is 8.78 Å². The van der Waals surface area contributed by atoms with Crippen molar-refractivity contribution in [3.63, 3.8) is 0 Å². The smallest absolute Gasteiger partial charge is 0.132 e. The molecule has 1 aliphatic rings. The van der Waals surface area contributed by atoms with Crippen LogP contribution in [0.1, 0.15) is 24.1 Å². The Labute approximate surface area is 141 Å². The summed E-state index contributed by atoms with van der Waals surface area (Å²) < 4.78 is 26.9. The van der Waals surface area contributed by atoms with Gasteiger partial charge in [-0.3, -0.25) is 4.90 Å². The Hall–Kier alpha value is -2.08. The van der Waals surface area contributed by atoms with E-state index >= 15 is 0 Å². The lowest BCUT2D eigenvalue weighted by Gasteiger charge is -2.38. The Morgan fingerprint density at radius 3 is 2.83 bits per heavy atom. The van der Waals surface area contributed by atoms with E-state index in [4.69, 9.17) is 0 Å². The van der Waals surface area contributed by atoms with Gasteiger partial charge in [0.15, 0.2) is 0 Å². The second-order valence-electron chi connectivity index (χ2n) is 6.40. The third-order valence-electron chi connectivity index (χ3n) is 4.59. The molecule has 1 atom stereocenters. The van der Waals surface area contributed by atoms with Crippen LogP contribution in [0.5, 0.6) is 0 Å². The second-order valence-corrected chi connectivity index (χ2v) is 6.40. The van der Waals surface area contributed by atoms with Crippen LogP contribution in [0.2, 0.25) is 0 Å². The number of likely N-dealkylation sites (tertiary alicyclic amines) is 1. The third-order valence-corrected chi connectivity index (χ3v) is 4.59. The van der Waals surface area contributed by atoms with Crippen LogP contribution in [0.3, 0.4) is 0 Å². The third kappa shape index (κ3) is 3.87. The number of nitrogens with zero attached hydrogens (tertiary/aromatic N) is 4. The summed E-state index contributed by atoms with van der Waals surface area (Å²) in [5.41, 5.74) is 1.48. The van der Waals surface area contributed by atoms with Crippen molar-refractivity contribution in [2.75, 3.05) is 25.0 Å². The monoisotopic (exact) mass is 332 g/mol. The predicted octanol–water partition coefficient (Wildman–Crippen LogP) is 3.16. The molecular formula is C18H22F2N4. The van der Waals surface area contributed by atoms with E-state index in [9.17, 15) is 8.78 Å². The van der Waals surface area contributed by atoms with Gasteiger partial charge in [-0.2, -0.15) is 0 Å². The molecule has 1 unspecified atom stereocenters. The van der Waals surface area contributed by atoms with Crippen LogP contribution in [0.15, 0.2) is 30.6 Å². The molecule has 1 aromatic heterocycles. The molecule has 128 valence electrons. The van der Waals surface area contributed by atoms with Gasteiger partial charge in [0.1, 0.15) is 23.8 Å². The Balaban J connectivity index is 1.67. The number of anilines is 1. The fraction of sp³-hybridized carbons (Fsp3) is 0.444. The van der Waals surface area contributed by atoms with Gasteiger partial charge in [-0.15, -0.1) is 0 Å². The summed E-state index contributed by atoms with van der Waals surface area (Å²) in [5.74, 6) is -0.106. The van der Waals surface area contributed by atoms with Crippen LogP contribution in [0.4, 0.5) is 14.6 Å². The molecule has 1 saturated heterocycles. The van der Waals surface area contributed by atoms with Crippen molar-refractivity contribution in [1.82, 2.24) is 14.9 Å². The minimum atomic E-state index is -0.536.